The van der Waals surface area contributed by atoms with Gasteiger partial charge < -0.3 is 5.32 Å². The van der Waals surface area contributed by atoms with Crippen LogP contribution in [0.2, 0.25) is 0 Å². The first kappa shape index (κ1) is 15.5. The van der Waals surface area contributed by atoms with Crippen LogP contribution in [0.4, 0.5) is 0 Å². The monoisotopic (exact) mass is 274 g/mol. The topological polar surface area (TPSA) is 15.3 Å². The fourth-order valence-electron chi connectivity index (χ4n) is 3.42. The minimum absolute atomic E-state index is 0.629. The fourth-order valence-corrected chi connectivity index (χ4v) is 3.42. The Labute approximate surface area is 124 Å². The molecule has 0 radical (unpaired) electrons. The molecule has 2 rings (SSSR count). The lowest BCUT2D eigenvalue weighted by Gasteiger charge is -2.43. The summed E-state index contributed by atoms with van der Waals surface area (Å²) in [5, 5.41) is 3.73. The van der Waals surface area contributed by atoms with E-state index in [2.05, 4.69) is 61.3 Å². The van der Waals surface area contributed by atoms with Gasteiger partial charge >= 0.3 is 0 Å². The molecule has 0 aromatic heterocycles. The third kappa shape index (κ3) is 4.07. The van der Waals surface area contributed by atoms with E-state index in [0.717, 1.165) is 13.0 Å². The van der Waals surface area contributed by atoms with Crippen molar-refractivity contribution < 1.29 is 0 Å². The van der Waals surface area contributed by atoms with Gasteiger partial charge in [-0.2, -0.15) is 0 Å². The maximum atomic E-state index is 3.73. The Balaban J connectivity index is 1.98. The van der Waals surface area contributed by atoms with Crippen LogP contribution in [-0.4, -0.2) is 36.1 Å². The van der Waals surface area contributed by atoms with Gasteiger partial charge in [0.2, 0.25) is 0 Å². The minimum Gasteiger partial charge on any atom is -0.311 e. The van der Waals surface area contributed by atoms with Crippen molar-refractivity contribution in [2.24, 2.45) is 0 Å². The van der Waals surface area contributed by atoms with Crippen LogP contribution in [0.25, 0.3) is 0 Å². The van der Waals surface area contributed by atoms with E-state index in [1.807, 2.05) is 0 Å². The summed E-state index contributed by atoms with van der Waals surface area (Å²) in [6.07, 6.45) is 4.97. The van der Waals surface area contributed by atoms with E-state index < -0.39 is 0 Å². The molecule has 112 valence electrons. The van der Waals surface area contributed by atoms with Crippen molar-refractivity contribution in [3.63, 3.8) is 0 Å². The van der Waals surface area contributed by atoms with Crippen LogP contribution in [0, 0.1) is 0 Å². The van der Waals surface area contributed by atoms with Gasteiger partial charge in [-0.05, 0) is 31.7 Å². The smallest absolute Gasteiger partial charge is 0.0221 e. The predicted octanol–water partition coefficient (Wildman–Crippen LogP) is 3.47. The third-order valence-corrected chi connectivity index (χ3v) is 4.59. The van der Waals surface area contributed by atoms with Crippen molar-refractivity contribution in [2.45, 2.75) is 64.6 Å². The van der Waals surface area contributed by atoms with E-state index in [-0.39, 0.29) is 0 Å². The zero-order chi connectivity index (χ0) is 14.4. The molecule has 1 saturated heterocycles. The molecule has 0 saturated carbocycles. The first-order chi connectivity index (χ1) is 9.74. The Bertz CT molecular complexity index is 376. The summed E-state index contributed by atoms with van der Waals surface area (Å²) in [4.78, 5) is 2.74. The van der Waals surface area contributed by atoms with Crippen molar-refractivity contribution in [2.75, 3.05) is 13.1 Å². The fraction of sp³-hybridized carbons (Fsp3) is 0.667. The maximum absolute atomic E-state index is 3.73. The largest absolute Gasteiger partial charge is 0.311 e. The van der Waals surface area contributed by atoms with Crippen LogP contribution in [0.15, 0.2) is 30.3 Å². The summed E-state index contributed by atoms with van der Waals surface area (Å²) < 4.78 is 0. The van der Waals surface area contributed by atoms with E-state index in [1.165, 1.54) is 31.4 Å². The summed E-state index contributed by atoms with van der Waals surface area (Å²) in [5.74, 6) is 0. The number of hydrogen-bond donors (Lipinski definition) is 1. The number of hydrogen-bond acceptors (Lipinski definition) is 2. The lowest BCUT2D eigenvalue weighted by molar-refractivity contribution is 0.0836. The number of piperazine rings is 1. The molecule has 1 aliphatic heterocycles. The molecule has 0 spiro atoms. The standard InChI is InChI=1S/C18H30N2/c1-4-9-17-14-20(18(5-2)13-19-17)15(3)12-16-10-7-6-8-11-16/h6-8,10-11,15,17-19H,4-5,9,12-14H2,1-3H3. The number of benzene rings is 1. The summed E-state index contributed by atoms with van der Waals surface area (Å²) in [6.45, 7) is 9.35. The molecule has 2 nitrogen and oxygen atoms in total. The van der Waals surface area contributed by atoms with Gasteiger partial charge in [-0.1, -0.05) is 50.6 Å². The summed E-state index contributed by atoms with van der Waals surface area (Å²) in [6, 6.07) is 12.9. The normalized spacial score (nSPS) is 25.6. The predicted molar refractivity (Wildman–Crippen MR) is 87.1 cm³/mol. The van der Waals surface area contributed by atoms with Gasteiger partial charge in [-0.15, -0.1) is 0 Å². The highest BCUT2D eigenvalue weighted by Gasteiger charge is 2.29. The van der Waals surface area contributed by atoms with Crippen molar-refractivity contribution >= 4 is 0 Å². The third-order valence-electron chi connectivity index (χ3n) is 4.59. The SMILES string of the molecule is CCCC1CN(C(C)Cc2ccccc2)C(CC)CN1. The van der Waals surface area contributed by atoms with Crippen LogP contribution >= 0.6 is 0 Å². The van der Waals surface area contributed by atoms with Crippen LogP contribution < -0.4 is 5.32 Å². The van der Waals surface area contributed by atoms with Crippen molar-refractivity contribution in [3.05, 3.63) is 35.9 Å². The molecular formula is C18H30N2. The molecule has 3 unspecified atom stereocenters. The van der Waals surface area contributed by atoms with E-state index >= 15 is 0 Å². The summed E-state index contributed by atoms with van der Waals surface area (Å²) in [7, 11) is 0. The Morgan fingerprint density at radius 2 is 2.00 bits per heavy atom. The second-order valence-corrected chi connectivity index (χ2v) is 6.19. The Morgan fingerprint density at radius 1 is 1.25 bits per heavy atom. The lowest BCUT2D eigenvalue weighted by Crippen LogP contribution is -2.59. The number of nitrogens with zero attached hydrogens (tertiary/aromatic N) is 1. The Morgan fingerprint density at radius 3 is 2.65 bits per heavy atom. The van der Waals surface area contributed by atoms with Crippen LogP contribution in [0.3, 0.4) is 0 Å². The molecule has 20 heavy (non-hydrogen) atoms. The zero-order valence-corrected chi connectivity index (χ0v) is 13.3. The highest BCUT2D eigenvalue weighted by atomic mass is 15.2. The van der Waals surface area contributed by atoms with E-state index in [4.69, 9.17) is 0 Å². The van der Waals surface area contributed by atoms with Gasteiger partial charge in [0, 0.05) is 31.2 Å². The van der Waals surface area contributed by atoms with Crippen molar-refractivity contribution in [3.8, 4) is 0 Å². The summed E-state index contributed by atoms with van der Waals surface area (Å²) in [5.41, 5.74) is 1.46. The molecule has 1 heterocycles. The van der Waals surface area contributed by atoms with Gasteiger partial charge in [0.25, 0.3) is 0 Å². The van der Waals surface area contributed by atoms with Crippen LogP contribution in [-0.2, 0) is 6.42 Å². The van der Waals surface area contributed by atoms with Gasteiger partial charge in [-0.25, -0.2) is 0 Å². The number of rotatable bonds is 6. The molecule has 1 fully saturated rings. The zero-order valence-electron chi connectivity index (χ0n) is 13.3. The molecule has 1 aromatic rings. The maximum Gasteiger partial charge on any atom is 0.0221 e. The molecule has 2 heteroatoms. The minimum atomic E-state index is 0.629. The molecule has 1 aliphatic rings. The van der Waals surface area contributed by atoms with Crippen LogP contribution in [0.1, 0.15) is 45.6 Å². The van der Waals surface area contributed by atoms with Gasteiger partial charge in [-0.3, -0.25) is 4.90 Å². The van der Waals surface area contributed by atoms with Gasteiger partial charge in [0.05, 0.1) is 0 Å². The first-order valence-corrected chi connectivity index (χ1v) is 8.27. The second kappa shape index (κ2) is 7.80. The molecule has 0 amide bonds. The molecular weight excluding hydrogens is 244 g/mol. The highest BCUT2D eigenvalue weighted by Crippen LogP contribution is 2.19. The quantitative estimate of drug-likeness (QED) is 0.854. The average molecular weight is 274 g/mol. The highest BCUT2D eigenvalue weighted by molar-refractivity contribution is 5.16. The Hall–Kier alpha value is -0.860. The van der Waals surface area contributed by atoms with Crippen molar-refractivity contribution in [1.29, 1.82) is 0 Å². The summed E-state index contributed by atoms with van der Waals surface area (Å²) >= 11 is 0. The van der Waals surface area contributed by atoms with Gasteiger partial charge in [0.15, 0.2) is 0 Å². The van der Waals surface area contributed by atoms with E-state index in [9.17, 15) is 0 Å². The van der Waals surface area contributed by atoms with E-state index in [1.54, 1.807) is 0 Å². The molecule has 0 aliphatic carbocycles. The Kier molecular flexibility index (Phi) is 6.06. The molecule has 3 atom stereocenters. The second-order valence-electron chi connectivity index (χ2n) is 6.19. The van der Waals surface area contributed by atoms with Gasteiger partial charge in [0.1, 0.15) is 0 Å². The van der Waals surface area contributed by atoms with Crippen molar-refractivity contribution in [1.82, 2.24) is 10.2 Å². The van der Waals surface area contributed by atoms with E-state index in [0.29, 0.717) is 18.1 Å². The molecule has 1 aromatic carbocycles. The number of nitrogens with one attached hydrogen (secondary N) is 1. The first-order valence-electron chi connectivity index (χ1n) is 8.27. The molecule has 0 bridgehead atoms. The van der Waals surface area contributed by atoms with Crippen LogP contribution in [0.5, 0.6) is 0 Å². The average Bonchev–Trinajstić information content (AvgIpc) is 2.48. The molecule has 1 N–H and O–H groups in total. The lowest BCUT2D eigenvalue weighted by atomic mass is 9.98.